The summed E-state index contributed by atoms with van der Waals surface area (Å²) in [4.78, 5) is 12.7. The molecule has 0 unspecified atom stereocenters. The third-order valence-electron chi connectivity index (χ3n) is 3.00. The highest BCUT2D eigenvalue weighted by Gasteiger charge is 2.54. The van der Waals surface area contributed by atoms with Gasteiger partial charge in [0.15, 0.2) is 0 Å². The van der Waals surface area contributed by atoms with Crippen LogP contribution in [0, 0.1) is 0 Å². The van der Waals surface area contributed by atoms with Crippen molar-refractivity contribution in [3.05, 3.63) is 0 Å². The summed E-state index contributed by atoms with van der Waals surface area (Å²) in [5.74, 6) is -0.847. The van der Waals surface area contributed by atoms with Gasteiger partial charge in [-0.05, 0) is 19.4 Å². The van der Waals surface area contributed by atoms with Crippen molar-refractivity contribution >= 4 is 18.4 Å². The van der Waals surface area contributed by atoms with E-state index in [4.69, 9.17) is 5.11 Å². The number of carboxylic acid groups (broad SMARTS) is 1. The van der Waals surface area contributed by atoms with Crippen LogP contribution in [0.5, 0.6) is 0 Å². The molecular weight excluding hydrogens is 197 g/mol. The summed E-state index contributed by atoms with van der Waals surface area (Å²) in [6.07, 6.45) is 0.741. The molecule has 2 rings (SSSR count). The van der Waals surface area contributed by atoms with Gasteiger partial charge >= 0.3 is 5.97 Å². The van der Waals surface area contributed by atoms with Gasteiger partial charge in [-0.2, -0.15) is 0 Å². The van der Waals surface area contributed by atoms with Gasteiger partial charge in [0.05, 0.1) is 0 Å². The second-order valence-electron chi connectivity index (χ2n) is 3.69. The van der Waals surface area contributed by atoms with E-state index < -0.39 is 17.7 Å². The molecule has 2 fully saturated rings. The molecule has 0 aromatic heterocycles. The van der Waals surface area contributed by atoms with Crippen LogP contribution in [0.2, 0.25) is 0 Å². The molecule has 0 aromatic rings. The second kappa shape index (κ2) is 3.42. The quantitative estimate of drug-likeness (QED) is 0.703. The van der Waals surface area contributed by atoms with Crippen LogP contribution in [0.1, 0.15) is 19.3 Å². The van der Waals surface area contributed by atoms with E-state index in [2.05, 4.69) is 0 Å². The number of rotatable bonds is 1. The van der Waals surface area contributed by atoms with E-state index >= 15 is 0 Å². The lowest BCUT2D eigenvalue weighted by Gasteiger charge is -2.25. The predicted octanol–water partition coefficient (Wildman–Crippen LogP) is 1.07. The summed E-state index contributed by atoms with van der Waals surface area (Å²) in [6, 6.07) is 0. The van der Waals surface area contributed by atoms with Crippen LogP contribution in [-0.2, 0) is 4.79 Å². The summed E-state index contributed by atoms with van der Waals surface area (Å²) >= 11 is 0. The molecule has 76 valence electrons. The van der Waals surface area contributed by atoms with Gasteiger partial charge in [0.1, 0.15) is 11.7 Å². The first kappa shape index (κ1) is 10.7. The van der Waals surface area contributed by atoms with E-state index in [0.717, 1.165) is 13.0 Å². The number of aliphatic carboxylic acids is 1. The Kier molecular flexibility index (Phi) is 2.82. The van der Waals surface area contributed by atoms with E-state index in [1.54, 1.807) is 4.90 Å². The molecule has 0 radical (unpaired) electrons. The molecule has 3 nitrogen and oxygen atoms in total. The molecule has 13 heavy (non-hydrogen) atoms. The minimum absolute atomic E-state index is 0. The van der Waals surface area contributed by atoms with Gasteiger partial charge < -0.3 is 5.11 Å². The van der Waals surface area contributed by atoms with Gasteiger partial charge in [0, 0.05) is 13.0 Å². The fourth-order valence-electron chi connectivity index (χ4n) is 2.43. The molecule has 1 N–H and O–H groups in total. The Morgan fingerprint density at radius 3 is 2.85 bits per heavy atom. The van der Waals surface area contributed by atoms with Crippen molar-refractivity contribution in [2.45, 2.75) is 31.0 Å². The molecule has 2 aliphatic heterocycles. The van der Waals surface area contributed by atoms with Crippen molar-refractivity contribution in [2.24, 2.45) is 0 Å². The average molecular weight is 210 g/mol. The molecule has 2 aliphatic rings. The molecule has 0 saturated carbocycles. The smallest absolute Gasteiger partial charge is 0.324 e. The van der Waals surface area contributed by atoms with Crippen molar-refractivity contribution in [1.82, 2.24) is 4.90 Å². The lowest BCUT2D eigenvalue weighted by atomic mass is 9.94. The van der Waals surface area contributed by atoms with Gasteiger partial charge in [0.25, 0.3) is 0 Å². The van der Waals surface area contributed by atoms with E-state index in [1.807, 2.05) is 0 Å². The predicted molar refractivity (Wildman–Crippen MR) is 47.9 cm³/mol. The van der Waals surface area contributed by atoms with Crippen LogP contribution in [-0.4, -0.2) is 40.8 Å². The summed E-state index contributed by atoms with van der Waals surface area (Å²) in [7, 11) is 0. The standard InChI is InChI=1S/C8H12FNO2.ClH/c9-6-4-8(7(11)12)2-1-3-10(8)5-6;/h6H,1-5H2,(H,11,12);1H/t6-,8+;/m1./s1. The Morgan fingerprint density at radius 2 is 2.31 bits per heavy atom. The summed E-state index contributed by atoms with van der Waals surface area (Å²) in [5.41, 5.74) is -0.848. The lowest BCUT2D eigenvalue weighted by Crippen LogP contribution is -2.45. The highest BCUT2D eigenvalue weighted by Crippen LogP contribution is 2.39. The zero-order valence-corrected chi connectivity index (χ0v) is 8.02. The highest BCUT2D eigenvalue weighted by molar-refractivity contribution is 5.85. The molecule has 0 spiro atoms. The zero-order valence-electron chi connectivity index (χ0n) is 7.20. The number of hydrogen-bond donors (Lipinski definition) is 1. The maximum Gasteiger partial charge on any atom is 0.324 e. The Bertz CT molecular complexity index is 226. The third kappa shape index (κ3) is 1.42. The van der Waals surface area contributed by atoms with Crippen LogP contribution < -0.4 is 0 Å². The molecule has 5 heteroatoms. The molecule has 2 atom stereocenters. The van der Waals surface area contributed by atoms with Gasteiger partial charge in [-0.15, -0.1) is 12.4 Å². The van der Waals surface area contributed by atoms with Crippen LogP contribution in [0.25, 0.3) is 0 Å². The molecule has 0 amide bonds. The monoisotopic (exact) mass is 209 g/mol. The Hall–Kier alpha value is -0.350. The van der Waals surface area contributed by atoms with Gasteiger partial charge in [-0.3, -0.25) is 9.69 Å². The summed E-state index contributed by atoms with van der Waals surface area (Å²) in [6.45, 7) is 1.05. The van der Waals surface area contributed by atoms with E-state index in [-0.39, 0.29) is 18.8 Å². The number of fused-ring (bicyclic) bond motifs is 1. The number of nitrogens with zero attached hydrogens (tertiary/aromatic N) is 1. The van der Waals surface area contributed by atoms with E-state index in [1.165, 1.54) is 0 Å². The molecule has 0 aliphatic carbocycles. The Balaban J connectivity index is 0.000000845. The van der Waals surface area contributed by atoms with Crippen molar-refractivity contribution < 1.29 is 14.3 Å². The number of carboxylic acids is 1. The molecule has 2 heterocycles. The second-order valence-corrected chi connectivity index (χ2v) is 3.69. The van der Waals surface area contributed by atoms with Crippen molar-refractivity contribution in [2.75, 3.05) is 13.1 Å². The Morgan fingerprint density at radius 1 is 1.62 bits per heavy atom. The number of alkyl halides is 1. The maximum atomic E-state index is 12.9. The maximum absolute atomic E-state index is 12.9. The number of carbonyl (C=O) groups is 1. The van der Waals surface area contributed by atoms with E-state index in [0.29, 0.717) is 13.0 Å². The zero-order chi connectivity index (χ0) is 8.77. The van der Waals surface area contributed by atoms with Crippen LogP contribution in [0.15, 0.2) is 0 Å². The van der Waals surface area contributed by atoms with Crippen LogP contribution >= 0.6 is 12.4 Å². The topological polar surface area (TPSA) is 40.5 Å². The molecule has 0 aromatic carbocycles. The van der Waals surface area contributed by atoms with Crippen LogP contribution in [0.4, 0.5) is 4.39 Å². The fourth-order valence-corrected chi connectivity index (χ4v) is 2.43. The lowest BCUT2D eigenvalue weighted by molar-refractivity contribution is -0.148. The first-order valence-electron chi connectivity index (χ1n) is 4.28. The summed E-state index contributed by atoms with van der Waals surface area (Å²) < 4.78 is 12.9. The Labute approximate surface area is 82.3 Å². The molecule has 0 bridgehead atoms. The van der Waals surface area contributed by atoms with E-state index in [9.17, 15) is 9.18 Å². The normalized spacial score (nSPS) is 38.4. The molecular formula is C8H13ClFNO2. The average Bonchev–Trinajstić information content (AvgIpc) is 2.42. The van der Waals surface area contributed by atoms with Crippen LogP contribution in [0.3, 0.4) is 0 Å². The molecule has 2 saturated heterocycles. The first-order chi connectivity index (χ1) is 5.65. The van der Waals surface area contributed by atoms with Gasteiger partial charge in [0.2, 0.25) is 0 Å². The SMILES string of the molecule is Cl.O=C(O)[C@@]12CCCN1C[C@H](F)C2. The highest BCUT2D eigenvalue weighted by atomic mass is 35.5. The minimum atomic E-state index is -0.943. The minimum Gasteiger partial charge on any atom is -0.480 e. The van der Waals surface area contributed by atoms with Crippen molar-refractivity contribution in [1.29, 1.82) is 0 Å². The van der Waals surface area contributed by atoms with Gasteiger partial charge in [-0.1, -0.05) is 0 Å². The first-order valence-corrected chi connectivity index (χ1v) is 4.28. The van der Waals surface area contributed by atoms with Gasteiger partial charge in [-0.25, -0.2) is 4.39 Å². The summed E-state index contributed by atoms with van der Waals surface area (Å²) in [5, 5.41) is 8.98. The van der Waals surface area contributed by atoms with Crippen molar-refractivity contribution in [3.8, 4) is 0 Å². The van der Waals surface area contributed by atoms with Crippen molar-refractivity contribution in [3.63, 3.8) is 0 Å². The number of hydrogen-bond acceptors (Lipinski definition) is 2. The number of halogens is 2. The largest absolute Gasteiger partial charge is 0.480 e. The fraction of sp³-hybridized carbons (Fsp3) is 0.875. The third-order valence-corrected chi connectivity index (χ3v) is 3.00.